The number of rotatable bonds is 11. The van der Waals surface area contributed by atoms with Crippen molar-refractivity contribution in [1.82, 2.24) is 14.5 Å². The smallest absolute Gasteiger partial charge is 0.247 e. The second kappa shape index (κ2) is 12.8. The van der Waals surface area contributed by atoms with Gasteiger partial charge in [0.25, 0.3) is 0 Å². The van der Waals surface area contributed by atoms with Crippen LogP contribution >= 0.6 is 0 Å². The highest BCUT2D eigenvalue weighted by Crippen LogP contribution is 2.33. The molecule has 2 unspecified atom stereocenters. The van der Waals surface area contributed by atoms with E-state index in [1.165, 1.54) is 0 Å². The molecule has 1 aliphatic rings. The molecule has 4 aromatic rings. The molecule has 42 heavy (non-hydrogen) atoms. The van der Waals surface area contributed by atoms with Gasteiger partial charge in [-0.05, 0) is 61.2 Å². The van der Waals surface area contributed by atoms with Crippen molar-refractivity contribution >= 4 is 28.5 Å². The largest absolute Gasteiger partial charge is 0.497 e. The van der Waals surface area contributed by atoms with Gasteiger partial charge in [0.1, 0.15) is 18.1 Å². The molecule has 1 fully saturated rings. The SMILES string of the molecule is CCc1cccc(C)c1N(C(=O)Cn1c(C2CC(=O)N(Cc3ccc(OC)cc3)C2)nc2ccccc21)C(C)COC. The molecule has 0 radical (unpaired) electrons. The second-order valence-corrected chi connectivity index (χ2v) is 11.1. The molecule has 5 rings (SSSR count). The van der Waals surface area contributed by atoms with Gasteiger partial charge >= 0.3 is 0 Å². The Kier molecular flexibility index (Phi) is 8.92. The van der Waals surface area contributed by atoms with Gasteiger partial charge in [-0.3, -0.25) is 9.59 Å². The first kappa shape index (κ1) is 29.3. The summed E-state index contributed by atoms with van der Waals surface area (Å²) in [5.74, 6) is 1.49. The quantitative estimate of drug-likeness (QED) is 0.239. The number of carbonyl (C=O) groups is 2. The highest BCUT2D eigenvalue weighted by molar-refractivity contribution is 5.96. The molecule has 1 saturated heterocycles. The monoisotopic (exact) mass is 568 g/mol. The lowest BCUT2D eigenvalue weighted by Gasteiger charge is -2.32. The minimum atomic E-state index is -0.166. The molecule has 3 aromatic carbocycles. The van der Waals surface area contributed by atoms with Crippen LogP contribution in [0.3, 0.4) is 0 Å². The molecule has 0 aliphatic carbocycles. The first-order chi connectivity index (χ1) is 20.3. The van der Waals surface area contributed by atoms with E-state index in [0.717, 1.165) is 51.4 Å². The lowest BCUT2D eigenvalue weighted by molar-refractivity contribution is -0.128. The van der Waals surface area contributed by atoms with E-state index < -0.39 is 0 Å². The average molecular weight is 569 g/mol. The molecule has 0 saturated carbocycles. The highest BCUT2D eigenvalue weighted by Gasteiger charge is 2.35. The van der Waals surface area contributed by atoms with Gasteiger partial charge in [-0.15, -0.1) is 0 Å². The number of fused-ring (bicyclic) bond motifs is 1. The van der Waals surface area contributed by atoms with Crippen LogP contribution in [0.2, 0.25) is 0 Å². The minimum Gasteiger partial charge on any atom is -0.497 e. The summed E-state index contributed by atoms with van der Waals surface area (Å²) in [6.45, 7) is 7.78. The molecule has 2 atom stereocenters. The summed E-state index contributed by atoms with van der Waals surface area (Å²) in [5, 5.41) is 0. The van der Waals surface area contributed by atoms with E-state index in [0.29, 0.717) is 26.1 Å². The molecule has 1 aromatic heterocycles. The number of ether oxygens (including phenoxy) is 2. The first-order valence-corrected chi connectivity index (χ1v) is 14.6. The van der Waals surface area contributed by atoms with Crippen molar-refractivity contribution in [2.45, 2.75) is 58.7 Å². The lowest BCUT2D eigenvalue weighted by atomic mass is 10.0. The fourth-order valence-electron chi connectivity index (χ4n) is 6.09. The maximum absolute atomic E-state index is 14.3. The van der Waals surface area contributed by atoms with E-state index in [9.17, 15) is 9.59 Å². The number of nitrogens with zero attached hydrogens (tertiary/aromatic N) is 4. The van der Waals surface area contributed by atoms with Gasteiger partial charge in [-0.2, -0.15) is 0 Å². The Balaban J connectivity index is 1.47. The number of amides is 2. The number of imidazole rings is 1. The van der Waals surface area contributed by atoms with Crippen LogP contribution in [0.15, 0.2) is 66.7 Å². The number of hydrogen-bond acceptors (Lipinski definition) is 5. The maximum atomic E-state index is 14.3. The average Bonchev–Trinajstić information content (AvgIpc) is 3.54. The van der Waals surface area contributed by atoms with Gasteiger partial charge in [0, 0.05) is 32.5 Å². The van der Waals surface area contributed by atoms with Crippen LogP contribution in [-0.4, -0.2) is 59.7 Å². The molecule has 0 bridgehead atoms. The molecule has 2 amide bonds. The molecular weight excluding hydrogens is 528 g/mol. The topological polar surface area (TPSA) is 76.9 Å². The number of carbonyl (C=O) groups excluding carboxylic acids is 2. The predicted octanol–water partition coefficient (Wildman–Crippen LogP) is 5.50. The number of methoxy groups -OCH3 is 2. The third kappa shape index (κ3) is 5.90. The summed E-state index contributed by atoms with van der Waals surface area (Å²) in [6, 6.07) is 21.7. The van der Waals surface area contributed by atoms with Crippen LogP contribution in [0.25, 0.3) is 11.0 Å². The van der Waals surface area contributed by atoms with Gasteiger partial charge in [-0.1, -0.05) is 49.4 Å². The zero-order valence-electron chi connectivity index (χ0n) is 25.2. The van der Waals surface area contributed by atoms with Gasteiger partial charge in [0.15, 0.2) is 0 Å². The van der Waals surface area contributed by atoms with E-state index in [2.05, 4.69) is 13.0 Å². The predicted molar refractivity (Wildman–Crippen MR) is 165 cm³/mol. The third-order valence-corrected chi connectivity index (χ3v) is 8.15. The lowest BCUT2D eigenvalue weighted by Crippen LogP contribution is -2.44. The zero-order chi connectivity index (χ0) is 29.8. The Hall–Kier alpha value is -4.17. The second-order valence-electron chi connectivity index (χ2n) is 11.1. The third-order valence-electron chi connectivity index (χ3n) is 8.15. The molecule has 8 nitrogen and oxygen atoms in total. The highest BCUT2D eigenvalue weighted by atomic mass is 16.5. The molecule has 8 heteroatoms. The van der Waals surface area contributed by atoms with Crippen molar-refractivity contribution < 1.29 is 19.1 Å². The molecule has 220 valence electrons. The minimum absolute atomic E-state index is 0.0348. The fraction of sp³-hybridized carbons (Fsp3) is 0.382. The van der Waals surface area contributed by atoms with Gasteiger partial charge in [-0.25, -0.2) is 4.98 Å². The molecular formula is C34H40N4O4. The fourth-order valence-corrected chi connectivity index (χ4v) is 6.09. The van der Waals surface area contributed by atoms with E-state index in [4.69, 9.17) is 14.5 Å². The number of benzene rings is 3. The van der Waals surface area contributed by atoms with Crippen molar-refractivity contribution in [2.75, 3.05) is 32.3 Å². The number of anilines is 1. The Morgan fingerprint density at radius 2 is 1.83 bits per heavy atom. The first-order valence-electron chi connectivity index (χ1n) is 14.6. The summed E-state index contributed by atoms with van der Waals surface area (Å²) in [5.41, 5.74) is 5.88. The van der Waals surface area contributed by atoms with Crippen LogP contribution in [0, 0.1) is 6.92 Å². The number of hydrogen-bond donors (Lipinski definition) is 0. The number of aryl methyl sites for hydroxylation is 2. The summed E-state index contributed by atoms with van der Waals surface area (Å²) < 4.78 is 12.8. The van der Waals surface area contributed by atoms with Crippen molar-refractivity contribution in [3.63, 3.8) is 0 Å². The summed E-state index contributed by atoms with van der Waals surface area (Å²) in [4.78, 5) is 36.2. The van der Waals surface area contributed by atoms with E-state index in [1.807, 2.05) is 88.9 Å². The molecule has 1 aliphatic heterocycles. The number of para-hydroxylation sites is 3. The number of likely N-dealkylation sites (tertiary alicyclic amines) is 1. The molecule has 2 heterocycles. The van der Waals surface area contributed by atoms with Crippen LogP contribution in [0.1, 0.15) is 48.7 Å². The molecule has 0 N–H and O–H groups in total. The van der Waals surface area contributed by atoms with E-state index in [-0.39, 0.29) is 30.3 Å². The van der Waals surface area contributed by atoms with Gasteiger partial charge in [0.2, 0.25) is 11.8 Å². The molecule has 0 spiro atoms. The van der Waals surface area contributed by atoms with Crippen molar-refractivity contribution in [3.8, 4) is 5.75 Å². The zero-order valence-corrected chi connectivity index (χ0v) is 25.2. The van der Waals surface area contributed by atoms with E-state index >= 15 is 0 Å². The van der Waals surface area contributed by atoms with Crippen molar-refractivity contribution in [1.29, 1.82) is 0 Å². The van der Waals surface area contributed by atoms with Crippen molar-refractivity contribution in [2.24, 2.45) is 0 Å². The Morgan fingerprint density at radius 1 is 1.07 bits per heavy atom. The van der Waals surface area contributed by atoms with Gasteiger partial charge in [0.05, 0.1) is 36.5 Å². The summed E-state index contributed by atoms with van der Waals surface area (Å²) >= 11 is 0. The van der Waals surface area contributed by atoms with Crippen LogP contribution in [0.4, 0.5) is 5.69 Å². The Bertz CT molecular complexity index is 1560. The Morgan fingerprint density at radius 3 is 2.55 bits per heavy atom. The normalized spacial score (nSPS) is 15.8. The number of aromatic nitrogens is 2. The van der Waals surface area contributed by atoms with Crippen molar-refractivity contribution in [3.05, 3.63) is 89.2 Å². The Labute approximate surface area is 247 Å². The van der Waals surface area contributed by atoms with Gasteiger partial charge < -0.3 is 23.8 Å². The van der Waals surface area contributed by atoms with Crippen LogP contribution in [0.5, 0.6) is 5.75 Å². The summed E-state index contributed by atoms with van der Waals surface area (Å²) in [7, 11) is 3.30. The van der Waals surface area contributed by atoms with Crippen LogP contribution in [-0.2, 0) is 33.8 Å². The summed E-state index contributed by atoms with van der Waals surface area (Å²) in [6.07, 6.45) is 1.17. The van der Waals surface area contributed by atoms with E-state index in [1.54, 1.807) is 14.2 Å². The van der Waals surface area contributed by atoms with Crippen LogP contribution < -0.4 is 9.64 Å². The maximum Gasteiger partial charge on any atom is 0.247 e. The standard InChI is InChI=1S/C34H40N4O4/c1-6-26-11-9-10-23(2)33(26)38(24(3)22-41-4)32(40)21-37-30-13-8-7-12-29(30)35-34(37)27-18-31(39)36(20-27)19-25-14-16-28(42-5)17-15-25/h7-17,24,27H,6,18-22H2,1-5H3.